The lowest BCUT2D eigenvalue weighted by molar-refractivity contribution is -0.127. The van der Waals surface area contributed by atoms with Gasteiger partial charge in [0, 0.05) is 24.3 Å². The van der Waals surface area contributed by atoms with E-state index in [9.17, 15) is 18.4 Å². The number of piperidine rings is 1. The molecular formula is C23H27F2N3O3. The molecule has 1 fully saturated rings. The van der Waals surface area contributed by atoms with Crippen molar-refractivity contribution >= 4 is 17.6 Å². The highest BCUT2D eigenvalue weighted by Gasteiger charge is 2.30. The summed E-state index contributed by atoms with van der Waals surface area (Å²) < 4.78 is 30.1. The predicted octanol–water partition coefficient (Wildman–Crippen LogP) is 4.80. The molecule has 8 heteroatoms. The number of urea groups is 1. The Morgan fingerprint density at radius 2 is 1.84 bits per heavy atom. The number of ether oxygens (including phenoxy) is 1. The Hall–Kier alpha value is -3.16. The zero-order valence-corrected chi connectivity index (χ0v) is 17.4. The first-order valence-electron chi connectivity index (χ1n) is 10.4. The number of halogens is 2. The highest BCUT2D eigenvalue weighted by Crippen LogP contribution is 2.29. The van der Waals surface area contributed by atoms with E-state index in [1.54, 1.807) is 35.2 Å². The first kappa shape index (κ1) is 22.5. The van der Waals surface area contributed by atoms with Gasteiger partial charge in [-0.3, -0.25) is 4.79 Å². The molecule has 0 aliphatic carbocycles. The van der Waals surface area contributed by atoms with Crippen LogP contribution < -0.4 is 15.4 Å². The molecule has 2 atom stereocenters. The first-order chi connectivity index (χ1) is 15.0. The molecule has 2 unspecified atom stereocenters. The number of amides is 3. The molecule has 0 aromatic heterocycles. The minimum absolute atomic E-state index is 0.0529. The Balaban J connectivity index is 1.63. The van der Waals surface area contributed by atoms with Gasteiger partial charge in [-0.25, -0.2) is 4.79 Å². The van der Waals surface area contributed by atoms with Gasteiger partial charge in [0.15, 0.2) is 0 Å². The summed E-state index contributed by atoms with van der Waals surface area (Å²) in [6.07, 6.45) is 1.88. The summed E-state index contributed by atoms with van der Waals surface area (Å²) >= 11 is 0. The van der Waals surface area contributed by atoms with Gasteiger partial charge in [0.05, 0.1) is 12.0 Å². The third-order valence-corrected chi connectivity index (χ3v) is 5.34. The highest BCUT2D eigenvalue weighted by molar-refractivity contribution is 5.90. The summed E-state index contributed by atoms with van der Waals surface area (Å²) in [4.78, 5) is 27.2. The van der Waals surface area contributed by atoms with E-state index in [1.807, 2.05) is 25.1 Å². The summed E-state index contributed by atoms with van der Waals surface area (Å²) in [6.45, 7) is -0.199. The zero-order chi connectivity index (χ0) is 22.2. The van der Waals surface area contributed by atoms with Gasteiger partial charge in [0.1, 0.15) is 5.75 Å². The van der Waals surface area contributed by atoms with Crippen LogP contribution in [0.3, 0.4) is 0 Å². The summed E-state index contributed by atoms with van der Waals surface area (Å²) in [5.41, 5.74) is 1.20. The van der Waals surface area contributed by atoms with Gasteiger partial charge in [0.2, 0.25) is 5.91 Å². The lowest BCUT2D eigenvalue weighted by atomic mass is 9.95. The Morgan fingerprint density at radius 1 is 1.13 bits per heavy atom. The third-order valence-electron chi connectivity index (χ3n) is 5.34. The van der Waals surface area contributed by atoms with Gasteiger partial charge in [-0.2, -0.15) is 8.78 Å². The van der Waals surface area contributed by atoms with Crippen molar-refractivity contribution in [3.8, 4) is 5.75 Å². The molecule has 0 radical (unpaired) electrons. The Bertz CT molecular complexity index is 879. The fourth-order valence-corrected chi connectivity index (χ4v) is 3.76. The van der Waals surface area contributed by atoms with E-state index in [0.717, 1.165) is 0 Å². The number of benzene rings is 2. The topological polar surface area (TPSA) is 70.7 Å². The van der Waals surface area contributed by atoms with E-state index in [1.165, 1.54) is 6.07 Å². The minimum Gasteiger partial charge on any atom is -0.434 e. The van der Waals surface area contributed by atoms with Gasteiger partial charge in [-0.15, -0.1) is 0 Å². The Morgan fingerprint density at radius 3 is 2.55 bits per heavy atom. The molecule has 0 spiro atoms. The molecule has 0 saturated carbocycles. The van der Waals surface area contributed by atoms with Gasteiger partial charge in [0.25, 0.3) is 0 Å². The van der Waals surface area contributed by atoms with E-state index >= 15 is 0 Å². The van der Waals surface area contributed by atoms with Crippen LogP contribution >= 0.6 is 0 Å². The summed E-state index contributed by atoms with van der Waals surface area (Å²) in [7, 11) is 0. The number of rotatable bonds is 7. The van der Waals surface area contributed by atoms with Crippen LogP contribution in [-0.2, 0) is 4.79 Å². The van der Waals surface area contributed by atoms with E-state index in [4.69, 9.17) is 0 Å². The van der Waals surface area contributed by atoms with E-state index < -0.39 is 12.7 Å². The quantitative estimate of drug-likeness (QED) is 0.662. The van der Waals surface area contributed by atoms with Crippen LogP contribution in [0.15, 0.2) is 54.6 Å². The summed E-state index contributed by atoms with van der Waals surface area (Å²) in [5.74, 6) is -0.513. The number of carbonyl (C=O) groups is 2. The molecule has 1 heterocycles. The summed E-state index contributed by atoms with van der Waals surface area (Å²) in [6, 6.07) is 14.9. The first-order valence-corrected chi connectivity index (χ1v) is 10.4. The van der Waals surface area contributed by atoms with Crippen molar-refractivity contribution in [3.63, 3.8) is 0 Å². The van der Waals surface area contributed by atoms with Gasteiger partial charge >= 0.3 is 12.6 Å². The average Bonchev–Trinajstić information content (AvgIpc) is 2.78. The monoisotopic (exact) mass is 431 g/mol. The molecule has 1 saturated heterocycles. The van der Waals surface area contributed by atoms with E-state index in [-0.39, 0.29) is 23.6 Å². The van der Waals surface area contributed by atoms with Crippen molar-refractivity contribution < 1.29 is 23.1 Å². The van der Waals surface area contributed by atoms with Crippen LogP contribution in [0.5, 0.6) is 5.75 Å². The number of likely N-dealkylation sites (tertiary alicyclic amines) is 1. The second-order valence-electron chi connectivity index (χ2n) is 7.47. The lowest BCUT2D eigenvalue weighted by Crippen LogP contribution is -2.47. The maximum absolute atomic E-state index is 12.9. The Kier molecular flexibility index (Phi) is 7.81. The highest BCUT2D eigenvalue weighted by atomic mass is 19.3. The number of nitrogens with one attached hydrogen (secondary N) is 2. The van der Waals surface area contributed by atoms with Crippen LogP contribution in [0.25, 0.3) is 0 Å². The lowest BCUT2D eigenvalue weighted by Gasteiger charge is -2.33. The van der Waals surface area contributed by atoms with Crippen LogP contribution in [-0.4, -0.2) is 36.5 Å². The van der Waals surface area contributed by atoms with E-state index in [2.05, 4.69) is 15.4 Å². The van der Waals surface area contributed by atoms with Crippen molar-refractivity contribution in [2.75, 3.05) is 18.4 Å². The zero-order valence-electron chi connectivity index (χ0n) is 17.4. The van der Waals surface area contributed by atoms with Crippen molar-refractivity contribution in [2.45, 2.75) is 38.8 Å². The largest absolute Gasteiger partial charge is 0.434 e. The number of nitrogens with zero attached hydrogens (tertiary/aromatic N) is 1. The maximum atomic E-state index is 12.9. The molecule has 1 aliphatic rings. The average molecular weight is 431 g/mol. The number of para-hydroxylation sites is 2. The van der Waals surface area contributed by atoms with Crippen molar-refractivity contribution in [3.05, 3.63) is 60.2 Å². The van der Waals surface area contributed by atoms with Crippen molar-refractivity contribution in [1.82, 2.24) is 10.2 Å². The molecular weight excluding hydrogens is 404 g/mol. The smallest absolute Gasteiger partial charge is 0.387 e. The number of carbonyl (C=O) groups excluding carboxylic acids is 2. The number of hydrogen-bond donors (Lipinski definition) is 2. The van der Waals surface area contributed by atoms with Crippen molar-refractivity contribution in [2.24, 2.45) is 5.92 Å². The van der Waals surface area contributed by atoms with Crippen LogP contribution in [0.2, 0.25) is 0 Å². The van der Waals surface area contributed by atoms with Gasteiger partial charge in [-0.1, -0.05) is 43.3 Å². The SMILES string of the molecule is CCC(NC(=O)C1CCCN(C(=O)Nc2ccccc2)C1)c1ccccc1OC(F)F. The molecule has 31 heavy (non-hydrogen) atoms. The summed E-state index contributed by atoms with van der Waals surface area (Å²) in [5, 5.41) is 5.80. The molecule has 3 rings (SSSR count). The van der Waals surface area contributed by atoms with Crippen LogP contribution in [0.1, 0.15) is 37.8 Å². The Labute approximate surface area is 180 Å². The maximum Gasteiger partial charge on any atom is 0.387 e. The number of anilines is 1. The molecule has 3 amide bonds. The third kappa shape index (κ3) is 6.16. The van der Waals surface area contributed by atoms with Gasteiger partial charge < -0.3 is 20.3 Å². The molecule has 166 valence electrons. The van der Waals surface area contributed by atoms with Crippen LogP contribution in [0.4, 0.5) is 19.3 Å². The molecule has 2 N–H and O–H groups in total. The molecule has 1 aliphatic heterocycles. The second kappa shape index (κ2) is 10.7. The fraction of sp³-hybridized carbons (Fsp3) is 0.391. The van der Waals surface area contributed by atoms with Crippen molar-refractivity contribution in [1.29, 1.82) is 0 Å². The molecule has 6 nitrogen and oxygen atoms in total. The fourth-order valence-electron chi connectivity index (χ4n) is 3.76. The molecule has 2 aromatic rings. The van der Waals surface area contributed by atoms with Gasteiger partial charge in [-0.05, 0) is 37.5 Å². The minimum atomic E-state index is -2.94. The van der Waals surface area contributed by atoms with Crippen LogP contribution in [0, 0.1) is 5.92 Å². The normalized spacial score (nSPS) is 17.2. The van der Waals surface area contributed by atoms with E-state index in [0.29, 0.717) is 43.6 Å². The number of hydrogen-bond acceptors (Lipinski definition) is 3. The predicted molar refractivity (Wildman–Crippen MR) is 114 cm³/mol. The molecule has 2 aromatic carbocycles. The molecule has 0 bridgehead atoms. The second-order valence-corrected chi connectivity index (χ2v) is 7.47. The number of alkyl halides is 2. The standard InChI is InChI=1S/C23H27F2N3O3/c1-2-19(18-12-6-7-13-20(18)31-22(24)25)27-21(29)16-9-8-14-28(15-16)23(30)26-17-10-4-3-5-11-17/h3-7,10-13,16,19,22H,2,8-9,14-15H2,1H3,(H,26,30)(H,27,29).